The average molecular weight is 309 g/mol. The first kappa shape index (κ1) is 15.9. The van der Waals surface area contributed by atoms with Crippen LogP contribution < -0.4 is 22.3 Å². The highest BCUT2D eigenvalue weighted by Crippen LogP contribution is 2.02. The van der Waals surface area contributed by atoms with Gasteiger partial charge in [0, 0.05) is 0 Å². The number of nitrogens with two attached hydrogens (primary N) is 2. The van der Waals surface area contributed by atoms with Gasteiger partial charge in [0.1, 0.15) is 0 Å². The number of nitrogens with one attached hydrogen (secondary N) is 2. The van der Waals surface area contributed by atoms with Crippen LogP contribution in [0.4, 0.5) is 0 Å². The number of rotatable bonds is 4. The molecular formula is C11H15N7S2. The van der Waals surface area contributed by atoms with Gasteiger partial charge in [-0.25, -0.2) is 4.98 Å². The SMILES string of the molecule is CC(=NNC(N)=S)c1cccc(/C(C)=N/NC(N)=S)n1. The molecule has 0 bridgehead atoms. The number of hydrogen-bond donors (Lipinski definition) is 4. The van der Waals surface area contributed by atoms with Crippen LogP contribution in [0.2, 0.25) is 0 Å². The maximum atomic E-state index is 5.31. The molecule has 0 amide bonds. The van der Waals surface area contributed by atoms with Crippen molar-refractivity contribution >= 4 is 46.1 Å². The maximum absolute atomic E-state index is 5.31. The predicted octanol–water partition coefficient (Wildman–Crippen LogP) is 0.196. The van der Waals surface area contributed by atoms with Crippen molar-refractivity contribution in [3.63, 3.8) is 0 Å². The fraction of sp³-hybridized carbons (Fsp3) is 0.182. The zero-order valence-electron chi connectivity index (χ0n) is 11.0. The molecule has 1 aromatic heterocycles. The Balaban J connectivity index is 2.95. The van der Waals surface area contributed by atoms with Gasteiger partial charge in [0.2, 0.25) is 0 Å². The summed E-state index contributed by atoms with van der Waals surface area (Å²) in [7, 11) is 0. The van der Waals surface area contributed by atoms with Crippen LogP contribution in [0.25, 0.3) is 0 Å². The standard InChI is InChI=1S/C11H15N7S2/c1-6(15-17-10(12)19)8-4-3-5-9(14-8)7(2)16-18-11(13)20/h3-5H,1-2H3,(H3,12,17,19)(H3,13,18,20)/b15-6+,16-7?. The quantitative estimate of drug-likeness (QED) is 0.357. The normalized spacial score (nSPS) is 11.9. The van der Waals surface area contributed by atoms with Gasteiger partial charge in [0.25, 0.3) is 0 Å². The van der Waals surface area contributed by atoms with Crippen LogP contribution >= 0.6 is 24.4 Å². The van der Waals surface area contributed by atoms with Gasteiger partial charge in [0.05, 0.1) is 22.8 Å². The highest BCUT2D eigenvalue weighted by atomic mass is 32.1. The molecular weight excluding hydrogens is 294 g/mol. The minimum atomic E-state index is 0.0962. The van der Waals surface area contributed by atoms with Crippen LogP contribution in [-0.4, -0.2) is 26.6 Å². The summed E-state index contributed by atoms with van der Waals surface area (Å²) in [6, 6.07) is 5.48. The van der Waals surface area contributed by atoms with Gasteiger partial charge in [-0.1, -0.05) is 6.07 Å². The van der Waals surface area contributed by atoms with E-state index in [0.29, 0.717) is 22.8 Å². The van der Waals surface area contributed by atoms with Crippen molar-refractivity contribution < 1.29 is 0 Å². The number of nitrogens with zero attached hydrogens (tertiary/aromatic N) is 3. The van der Waals surface area contributed by atoms with Crippen molar-refractivity contribution in [2.24, 2.45) is 21.7 Å². The van der Waals surface area contributed by atoms with Gasteiger partial charge < -0.3 is 11.5 Å². The van der Waals surface area contributed by atoms with E-state index in [9.17, 15) is 0 Å². The Bertz CT molecular complexity index is 533. The van der Waals surface area contributed by atoms with Crippen LogP contribution in [0.15, 0.2) is 28.4 Å². The minimum absolute atomic E-state index is 0.0962. The molecule has 0 spiro atoms. The van der Waals surface area contributed by atoms with E-state index in [1.54, 1.807) is 13.8 Å². The summed E-state index contributed by atoms with van der Waals surface area (Å²) in [4.78, 5) is 4.42. The molecule has 9 heteroatoms. The Hall–Kier alpha value is -2.13. The fourth-order valence-electron chi connectivity index (χ4n) is 1.23. The van der Waals surface area contributed by atoms with Crippen molar-refractivity contribution in [3.8, 4) is 0 Å². The van der Waals surface area contributed by atoms with E-state index < -0.39 is 0 Å². The van der Waals surface area contributed by atoms with Crippen LogP contribution in [0.1, 0.15) is 25.2 Å². The van der Waals surface area contributed by atoms with Gasteiger partial charge in [-0.2, -0.15) is 10.2 Å². The molecule has 0 aliphatic carbocycles. The Kier molecular flexibility index (Phi) is 5.94. The molecule has 0 unspecified atom stereocenters. The van der Waals surface area contributed by atoms with Crippen LogP contribution in [0.5, 0.6) is 0 Å². The monoisotopic (exact) mass is 309 g/mol. The van der Waals surface area contributed by atoms with Crippen LogP contribution in [0, 0.1) is 0 Å². The topological polar surface area (TPSA) is 114 Å². The number of hydrogen-bond acceptors (Lipinski definition) is 5. The molecule has 0 atom stereocenters. The summed E-state index contributed by atoms with van der Waals surface area (Å²) < 4.78 is 0. The Morgan fingerprint density at radius 3 is 1.75 bits per heavy atom. The molecule has 1 aromatic rings. The molecule has 1 rings (SSSR count). The van der Waals surface area contributed by atoms with Crippen molar-refractivity contribution in [1.82, 2.24) is 15.8 Å². The lowest BCUT2D eigenvalue weighted by atomic mass is 10.2. The van der Waals surface area contributed by atoms with Crippen molar-refractivity contribution in [2.45, 2.75) is 13.8 Å². The first-order chi connectivity index (χ1) is 9.40. The van der Waals surface area contributed by atoms with Crippen LogP contribution in [-0.2, 0) is 0 Å². The summed E-state index contributed by atoms with van der Waals surface area (Å²) in [5, 5.41) is 8.21. The second kappa shape index (κ2) is 7.46. The largest absolute Gasteiger partial charge is 0.375 e. The summed E-state index contributed by atoms with van der Waals surface area (Å²) in [5.41, 5.74) is 18.3. The van der Waals surface area contributed by atoms with E-state index in [2.05, 4.69) is 50.5 Å². The number of thiocarbonyl (C=S) groups is 2. The first-order valence-corrected chi connectivity index (χ1v) is 6.39. The summed E-state index contributed by atoms with van der Waals surface area (Å²) in [6.07, 6.45) is 0. The third kappa shape index (κ3) is 5.24. The fourth-order valence-corrected chi connectivity index (χ4v) is 1.32. The molecule has 106 valence electrons. The molecule has 0 saturated carbocycles. The minimum Gasteiger partial charge on any atom is -0.375 e. The van der Waals surface area contributed by atoms with E-state index in [4.69, 9.17) is 11.5 Å². The third-order valence-electron chi connectivity index (χ3n) is 2.16. The Labute approximate surface area is 127 Å². The highest BCUT2D eigenvalue weighted by Gasteiger charge is 2.04. The molecule has 20 heavy (non-hydrogen) atoms. The van der Waals surface area contributed by atoms with Crippen molar-refractivity contribution in [1.29, 1.82) is 0 Å². The molecule has 0 fully saturated rings. The van der Waals surface area contributed by atoms with E-state index in [1.165, 1.54) is 0 Å². The Morgan fingerprint density at radius 2 is 1.40 bits per heavy atom. The van der Waals surface area contributed by atoms with Crippen molar-refractivity contribution in [3.05, 3.63) is 29.6 Å². The lowest BCUT2D eigenvalue weighted by Crippen LogP contribution is -2.26. The molecule has 0 radical (unpaired) electrons. The number of hydrazone groups is 2. The van der Waals surface area contributed by atoms with Crippen molar-refractivity contribution in [2.75, 3.05) is 0 Å². The molecule has 1 heterocycles. The summed E-state index contributed by atoms with van der Waals surface area (Å²) in [6.45, 7) is 3.58. The summed E-state index contributed by atoms with van der Waals surface area (Å²) in [5.74, 6) is 0. The lowest BCUT2D eigenvalue weighted by molar-refractivity contribution is 1.02. The molecule has 7 nitrogen and oxygen atoms in total. The number of aromatic nitrogens is 1. The van der Waals surface area contributed by atoms with Gasteiger partial charge in [-0.05, 0) is 50.4 Å². The predicted molar refractivity (Wildman–Crippen MR) is 88.5 cm³/mol. The molecule has 0 aliphatic heterocycles. The van der Waals surface area contributed by atoms with Crippen LogP contribution in [0.3, 0.4) is 0 Å². The van der Waals surface area contributed by atoms with E-state index in [1.807, 2.05) is 18.2 Å². The van der Waals surface area contributed by atoms with Gasteiger partial charge in [-0.15, -0.1) is 0 Å². The molecule has 0 aromatic carbocycles. The smallest absolute Gasteiger partial charge is 0.184 e. The zero-order valence-corrected chi connectivity index (χ0v) is 12.7. The molecule has 6 N–H and O–H groups in total. The van der Waals surface area contributed by atoms with E-state index in [-0.39, 0.29) is 10.2 Å². The van der Waals surface area contributed by atoms with E-state index >= 15 is 0 Å². The second-order valence-electron chi connectivity index (χ2n) is 3.75. The Morgan fingerprint density at radius 1 is 1.00 bits per heavy atom. The zero-order chi connectivity index (χ0) is 15.1. The molecule has 0 aliphatic rings. The third-order valence-corrected chi connectivity index (χ3v) is 2.34. The lowest BCUT2D eigenvalue weighted by Gasteiger charge is -2.05. The second-order valence-corrected chi connectivity index (χ2v) is 4.63. The maximum Gasteiger partial charge on any atom is 0.184 e. The first-order valence-electron chi connectivity index (χ1n) is 5.57. The van der Waals surface area contributed by atoms with Gasteiger partial charge in [0.15, 0.2) is 10.2 Å². The highest BCUT2D eigenvalue weighted by molar-refractivity contribution is 7.80. The van der Waals surface area contributed by atoms with Gasteiger partial charge in [-0.3, -0.25) is 10.9 Å². The number of pyridine rings is 1. The van der Waals surface area contributed by atoms with Gasteiger partial charge >= 0.3 is 0 Å². The molecule has 0 saturated heterocycles. The van der Waals surface area contributed by atoms with E-state index in [0.717, 1.165) is 0 Å². The summed E-state index contributed by atoms with van der Waals surface area (Å²) >= 11 is 9.36. The average Bonchev–Trinajstić information content (AvgIpc) is 2.42.